The van der Waals surface area contributed by atoms with Crippen molar-refractivity contribution in [1.29, 1.82) is 0 Å². The van der Waals surface area contributed by atoms with Crippen LogP contribution in [0.4, 0.5) is 34.1 Å². The topological polar surface area (TPSA) is 569 Å². The molecular weight excluding hydrogens is 2060 g/mol. The van der Waals surface area contributed by atoms with E-state index in [4.69, 9.17) is 76.8 Å². The predicted octanol–water partition coefficient (Wildman–Crippen LogP) is 10.4. The molecule has 4 amide bonds. The minimum absolute atomic E-state index is 0.000948. The number of rotatable bonds is 31. The Morgan fingerprint density at radius 1 is 0.443 bits per heavy atom. The lowest BCUT2D eigenvalue weighted by atomic mass is 10.0. The zero-order valence-electron chi connectivity index (χ0n) is 61.5. The van der Waals surface area contributed by atoms with E-state index >= 15 is 0 Å². The number of hydrazone groups is 2. The average molecular weight is 2120 g/mol. The van der Waals surface area contributed by atoms with E-state index in [0.29, 0.717) is 15.6 Å². The Hall–Kier alpha value is -10.3. The Bertz CT molecular complexity index is 6090. The zero-order valence-corrected chi connectivity index (χ0v) is 75.9. The molecule has 0 spiro atoms. The van der Waals surface area contributed by atoms with Crippen molar-refractivity contribution in [1.82, 2.24) is 43.2 Å². The zero-order chi connectivity index (χ0) is 89.7. The van der Waals surface area contributed by atoms with E-state index in [1.165, 1.54) is 128 Å². The Balaban J connectivity index is 0.790. The molecule has 0 saturated carbocycles. The van der Waals surface area contributed by atoms with Gasteiger partial charge in [-0.2, -0.15) is 43.9 Å². The summed E-state index contributed by atoms with van der Waals surface area (Å²) in [5.41, 5.74) is 14.7. The molecule has 0 aliphatic rings. The van der Waals surface area contributed by atoms with Gasteiger partial charge in [0.2, 0.25) is 0 Å². The van der Waals surface area contributed by atoms with Crippen molar-refractivity contribution in [2.75, 3.05) is 45.0 Å². The third kappa shape index (κ3) is 28.9. The summed E-state index contributed by atoms with van der Waals surface area (Å²) in [7, 11) is -19.9. The number of benzene rings is 8. The Labute approximate surface area is 759 Å². The second kappa shape index (κ2) is 43.6. The van der Waals surface area contributed by atoms with Crippen LogP contribution >= 0.6 is 136 Å². The number of phenolic OH excluding ortho intramolecular Hbond substituents is 4. The highest BCUT2D eigenvalue weighted by atomic mass is 79.9. The number of ether oxygens (including phenoxy) is 1. The number of nitrogens with one attached hydrogen (secondary N) is 14. The van der Waals surface area contributed by atoms with Gasteiger partial charge in [-0.3, -0.25) is 59.1 Å². The van der Waals surface area contributed by atoms with Gasteiger partial charge in [0, 0.05) is 68.4 Å². The van der Waals surface area contributed by atoms with Crippen LogP contribution in [0.1, 0.15) is 40.3 Å². The Morgan fingerprint density at radius 2 is 0.787 bits per heavy atom. The molecule has 0 aliphatic carbocycles. The SMILES string of the molecule is C/C(=C\OC=CCNC(=S)Nc1ccc(CCc2ccc(NC(=S)NNC(=O)C(Nc3ccc(Cl)cc3)C(=O)N/N=C/c3cc(Br)c(O)c(Br)c3O)cc2S(=O)(=O)O)c(S(=O)(=O)O)c1)CNC(=S)Nc1ccc(/C=C/c2ccc(NC(=S)NNC(=O)C(Nc3ccc(Cl)cc3)C(=O)N/N=C/c3cc(Br)c(O)c(Br)c3O)cc2S(=O)(=O)O)c(S(=O)(=O)O)c1. The largest absolute Gasteiger partial charge is 0.506 e. The summed E-state index contributed by atoms with van der Waals surface area (Å²) in [6.45, 7) is 1.84. The normalized spacial score (nSPS) is 12.4. The Morgan fingerprint density at radius 3 is 1.16 bits per heavy atom. The lowest BCUT2D eigenvalue weighted by molar-refractivity contribution is -0.132. The van der Waals surface area contributed by atoms with Gasteiger partial charge < -0.3 is 67.7 Å². The number of anilines is 6. The third-order valence-corrected chi connectivity index (χ3v) is 23.7. The quantitative estimate of drug-likeness (QED) is 0.00365. The number of hydrazine groups is 2. The van der Waals surface area contributed by atoms with Gasteiger partial charge in [-0.1, -0.05) is 59.6 Å². The van der Waals surface area contributed by atoms with E-state index in [1.807, 2.05) is 0 Å². The van der Waals surface area contributed by atoms with E-state index in [2.05, 4.69) is 149 Å². The lowest BCUT2D eigenvalue weighted by Crippen LogP contribution is -2.54. The number of nitrogens with zero attached hydrogens (tertiary/aromatic N) is 2. The number of carbonyl (C=O) groups is 4. The molecule has 22 N–H and O–H groups in total. The van der Waals surface area contributed by atoms with E-state index in [1.54, 1.807) is 6.92 Å². The van der Waals surface area contributed by atoms with Crippen molar-refractivity contribution in [3.63, 3.8) is 0 Å². The number of hydrogen-bond donors (Lipinski definition) is 22. The summed E-state index contributed by atoms with van der Waals surface area (Å²) in [5.74, 6) is -5.52. The maximum Gasteiger partial charge on any atom is 0.295 e. The highest BCUT2D eigenvalue weighted by molar-refractivity contribution is 9.11. The second-order valence-electron chi connectivity index (χ2n) is 24.7. The van der Waals surface area contributed by atoms with Crippen molar-refractivity contribution < 1.29 is 96.2 Å². The van der Waals surface area contributed by atoms with Crippen LogP contribution in [0, 0.1) is 0 Å². The summed E-state index contributed by atoms with van der Waals surface area (Å²) in [6.07, 6.45) is 8.14. The van der Waals surface area contributed by atoms with Crippen LogP contribution in [0.5, 0.6) is 23.0 Å². The van der Waals surface area contributed by atoms with Crippen LogP contribution in [-0.4, -0.2) is 154 Å². The van der Waals surface area contributed by atoms with Crippen LogP contribution in [0.15, 0.2) is 205 Å². The molecule has 8 aromatic carbocycles. The van der Waals surface area contributed by atoms with Crippen molar-refractivity contribution in [2.24, 2.45) is 10.2 Å². The molecule has 0 aliphatic heterocycles. The molecule has 0 fully saturated rings. The number of aromatic hydroxyl groups is 4. The molecule has 0 heterocycles. The molecule has 644 valence electrons. The molecule has 122 heavy (non-hydrogen) atoms. The molecule has 2 unspecified atom stereocenters. The van der Waals surface area contributed by atoms with E-state index in [-0.39, 0.29) is 143 Å². The first kappa shape index (κ1) is 97.2. The fraction of sp³-hybridized carbons (Fsp3) is 0.0986. The molecule has 51 heteroatoms. The number of thiocarbonyl (C=S) groups is 4. The van der Waals surface area contributed by atoms with Gasteiger partial charge in [0.05, 0.1) is 43.7 Å². The number of carbonyl (C=O) groups excluding carboxylic acids is 4. The number of amides is 4. The van der Waals surface area contributed by atoms with Crippen molar-refractivity contribution >= 4 is 279 Å². The summed E-state index contributed by atoms with van der Waals surface area (Å²) in [5, 5.41) is 70.6. The van der Waals surface area contributed by atoms with Crippen LogP contribution in [0.25, 0.3) is 12.2 Å². The maximum atomic E-state index is 13.5. The molecule has 0 saturated heterocycles. The minimum Gasteiger partial charge on any atom is -0.506 e. The number of phenols is 4. The average Bonchev–Trinajstić information content (AvgIpc) is 0.803. The van der Waals surface area contributed by atoms with Crippen LogP contribution in [0.3, 0.4) is 0 Å². The molecule has 0 radical (unpaired) electrons. The summed E-state index contributed by atoms with van der Waals surface area (Å²) in [6, 6.07) is 25.7. The molecule has 2 atom stereocenters. The van der Waals surface area contributed by atoms with Gasteiger partial charge in [0.25, 0.3) is 64.1 Å². The lowest BCUT2D eigenvalue weighted by Gasteiger charge is -2.19. The summed E-state index contributed by atoms with van der Waals surface area (Å²) in [4.78, 5) is 51.2. The van der Waals surface area contributed by atoms with Gasteiger partial charge in [-0.25, -0.2) is 10.9 Å². The fourth-order valence-corrected chi connectivity index (χ4v) is 16.4. The minimum atomic E-state index is -5.03. The fourth-order valence-electron chi connectivity index (χ4n) is 10.1. The third-order valence-electron chi connectivity index (χ3n) is 15.9. The van der Waals surface area contributed by atoms with Crippen LogP contribution < -0.4 is 75.1 Å². The van der Waals surface area contributed by atoms with Gasteiger partial charge in [0.15, 0.2) is 32.5 Å². The van der Waals surface area contributed by atoms with Gasteiger partial charge >= 0.3 is 0 Å². The van der Waals surface area contributed by atoms with Crippen LogP contribution in [0.2, 0.25) is 10.0 Å². The maximum absolute atomic E-state index is 13.5. The highest BCUT2D eigenvalue weighted by Crippen LogP contribution is 2.42. The molecule has 8 aromatic rings. The summed E-state index contributed by atoms with van der Waals surface area (Å²) >= 11 is 45.7. The monoisotopic (exact) mass is 2120 g/mol. The van der Waals surface area contributed by atoms with Gasteiger partial charge in [-0.05, 0) is 275 Å². The molecule has 0 aromatic heterocycles. The number of halogens is 6. The molecule has 8 rings (SSSR count). The first-order valence-corrected chi connectivity index (χ1v) is 45.1. The Kier molecular flexibility index (Phi) is 34.8. The van der Waals surface area contributed by atoms with E-state index in [9.17, 15) is 91.5 Å². The molecule has 37 nitrogen and oxygen atoms in total. The van der Waals surface area contributed by atoms with E-state index in [0.717, 1.165) is 48.8 Å². The van der Waals surface area contributed by atoms with Crippen LogP contribution in [-0.2, 0) is 77.2 Å². The van der Waals surface area contributed by atoms with Gasteiger partial charge in [0.1, 0.15) is 41.7 Å². The summed E-state index contributed by atoms with van der Waals surface area (Å²) < 4.78 is 149. The molecule has 0 bridgehead atoms. The first-order valence-electron chi connectivity index (χ1n) is 33.7. The van der Waals surface area contributed by atoms with Crippen molar-refractivity contribution in [2.45, 2.75) is 51.4 Å². The predicted molar refractivity (Wildman–Crippen MR) is 488 cm³/mol. The van der Waals surface area contributed by atoms with Gasteiger partial charge in [-0.15, -0.1) is 0 Å². The van der Waals surface area contributed by atoms with Crippen molar-refractivity contribution in [3.8, 4) is 23.0 Å². The standard InChI is InChI=1S/C71H64Br4Cl2N16O21S8/c1-35(31-79-69(116)85-47-16-8-37(53(28-47)120(105,106)107)4-6-39-10-18-49(30-55(39)122(111,112)113)87-71(118)93-91-67(101)59(83-45-21-13-43(77)14-22-45)65(99)89-81-33-41-26-51(73)63(97)57(75)61(41)95)34-114-24-2-23-78-68(115)84-46-15-7-36(52(27-46)119(102,103)104)3-5-38-9-17-48(29-54(38)121(108,109)110)86-70(117)92-90-66(100)58(82-44-19-11-42(76)12-20-44)64(98)88-80-32-40-25-50(72)62(96)56(74)60(40)94/h2,4,6-22,24-30,32-34,58-59,82-83,94-97H,3,5,23,31H2,1H3,(H,88,98)(H,89,99)(H,90,100)(H,91,101)(H2,78,84,115)(H2,79,85,116)(H2,86,92,117)(H2,87,93,118)(H,102,103,104)(H,105,106,107)(H,108,109,110)(H,111,112,113)/b6-4+,24-2?,35-34+,80-32+,81-33+. The number of hydrogen-bond acceptors (Lipinski definition) is 25. The second-order valence-corrected chi connectivity index (χ2v) is 36.1. The molecular formula is C71H64Br4Cl2N16O21S8. The highest BCUT2D eigenvalue weighted by Gasteiger charge is 2.30. The van der Waals surface area contributed by atoms with E-state index < -0.39 is 107 Å². The van der Waals surface area contributed by atoms with Crippen molar-refractivity contribution in [3.05, 3.63) is 219 Å². The smallest absolute Gasteiger partial charge is 0.295 e. The number of aryl methyl sites for hydroxylation is 2. The first-order chi connectivity index (χ1) is 57.3.